The number of benzene rings is 2. The predicted molar refractivity (Wildman–Crippen MR) is 86.5 cm³/mol. The first kappa shape index (κ1) is 16.7. The highest BCUT2D eigenvalue weighted by Crippen LogP contribution is 2.24. The average molecular weight is 316 g/mol. The number of aliphatic carboxylic acids is 1. The third-order valence-electron chi connectivity index (χ3n) is 3.45. The Balaban J connectivity index is 2.18. The summed E-state index contributed by atoms with van der Waals surface area (Å²) in [7, 11) is 3.13. The van der Waals surface area contributed by atoms with E-state index >= 15 is 0 Å². The lowest BCUT2D eigenvalue weighted by Crippen LogP contribution is -2.29. The zero-order valence-electron chi connectivity index (χ0n) is 13.4. The number of rotatable bonds is 7. The summed E-state index contributed by atoms with van der Waals surface area (Å²) in [5.74, 6) is 0.791. The first-order chi connectivity index (χ1) is 11.0. The SMILES string of the molecule is COc1ccc(OC(Cc2cc(C)ccc2OC)C(=O)O)cc1. The van der Waals surface area contributed by atoms with Crippen molar-refractivity contribution in [3.63, 3.8) is 0 Å². The van der Waals surface area contributed by atoms with Crippen LogP contribution >= 0.6 is 0 Å². The molecule has 0 fully saturated rings. The number of hydrogen-bond donors (Lipinski definition) is 1. The molecule has 0 heterocycles. The summed E-state index contributed by atoms with van der Waals surface area (Å²) in [6, 6.07) is 12.5. The van der Waals surface area contributed by atoms with E-state index < -0.39 is 12.1 Å². The van der Waals surface area contributed by atoms with E-state index in [2.05, 4.69) is 0 Å². The van der Waals surface area contributed by atoms with E-state index in [1.165, 1.54) is 0 Å². The van der Waals surface area contributed by atoms with Crippen molar-refractivity contribution in [3.8, 4) is 17.2 Å². The molecule has 0 saturated carbocycles. The normalized spacial score (nSPS) is 11.6. The summed E-state index contributed by atoms with van der Waals surface area (Å²) in [5.41, 5.74) is 1.84. The molecule has 0 saturated heterocycles. The van der Waals surface area contributed by atoms with Crippen LogP contribution in [0.5, 0.6) is 17.2 Å². The van der Waals surface area contributed by atoms with Crippen LogP contribution in [-0.2, 0) is 11.2 Å². The van der Waals surface area contributed by atoms with E-state index in [1.807, 2.05) is 25.1 Å². The fourth-order valence-corrected chi connectivity index (χ4v) is 2.26. The summed E-state index contributed by atoms with van der Waals surface area (Å²) < 4.78 is 16.0. The highest BCUT2D eigenvalue weighted by molar-refractivity contribution is 5.73. The van der Waals surface area contributed by atoms with E-state index in [0.717, 1.165) is 11.1 Å². The van der Waals surface area contributed by atoms with Crippen molar-refractivity contribution in [1.29, 1.82) is 0 Å². The highest BCUT2D eigenvalue weighted by Gasteiger charge is 2.22. The maximum absolute atomic E-state index is 11.5. The Morgan fingerprint density at radius 1 is 1.04 bits per heavy atom. The number of ether oxygens (including phenoxy) is 3. The van der Waals surface area contributed by atoms with Gasteiger partial charge in [0.25, 0.3) is 0 Å². The number of aryl methyl sites for hydroxylation is 1. The van der Waals surface area contributed by atoms with Gasteiger partial charge in [0.15, 0.2) is 6.10 Å². The van der Waals surface area contributed by atoms with Crippen molar-refractivity contribution in [2.75, 3.05) is 14.2 Å². The molecule has 0 aromatic heterocycles. The molecule has 2 aromatic rings. The average Bonchev–Trinajstić information content (AvgIpc) is 2.55. The largest absolute Gasteiger partial charge is 0.497 e. The molecule has 23 heavy (non-hydrogen) atoms. The molecule has 5 heteroatoms. The van der Waals surface area contributed by atoms with Gasteiger partial charge in [-0.05, 0) is 42.8 Å². The van der Waals surface area contributed by atoms with Crippen LogP contribution in [0, 0.1) is 6.92 Å². The lowest BCUT2D eigenvalue weighted by molar-refractivity contribution is -0.145. The van der Waals surface area contributed by atoms with Gasteiger partial charge in [0.2, 0.25) is 0 Å². The van der Waals surface area contributed by atoms with Crippen LogP contribution in [0.25, 0.3) is 0 Å². The molecule has 2 rings (SSSR count). The standard InChI is InChI=1S/C18H20O5/c1-12-4-9-16(22-3)13(10-12)11-17(18(19)20)23-15-7-5-14(21-2)6-8-15/h4-10,17H,11H2,1-3H3,(H,19,20). The maximum Gasteiger partial charge on any atom is 0.345 e. The molecule has 1 atom stereocenters. The predicted octanol–water partition coefficient (Wildman–Crippen LogP) is 3.09. The molecule has 1 unspecified atom stereocenters. The number of methoxy groups -OCH3 is 2. The van der Waals surface area contributed by atoms with Gasteiger partial charge in [0.05, 0.1) is 14.2 Å². The van der Waals surface area contributed by atoms with Crippen LogP contribution in [0.2, 0.25) is 0 Å². The second-order valence-electron chi connectivity index (χ2n) is 5.14. The zero-order chi connectivity index (χ0) is 16.8. The Kier molecular flexibility index (Phi) is 5.46. The molecule has 0 radical (unpaired) electrons. The number of carbonyl (C=O) groups is 1. The van der Waals surface area contributed by atoms with Crippen molar-refractivity contribution in [3.05, 3.63) is 53.6 Å². The second-order valence-corrected chi connectivity index (χ2v) is 5.14. The summed E-state index contributed by atoms with van der Waals surface area (Å²) in [4.78, 5) is 11.5. The van der Waals surface area contributed by atoms with E-state index in [4.69, 9.17) is 14.2 Å². The zero-order valence-corrected chi connectivity index (χ0v) is 13.4. The summed E-state index contributed by atoms with van der Waals surface area (Å²) >= 11 is 0. The first-order valence-electron chi connectivity index (χ1n) is 7.20. The van der Waals surface area contributed by atoms with Crippen molar-refractivity contribution >= 4 is 5.97 Å². The monoisotopic (exact) mass is 316 g/mol. The third-order valence-corrected chi connectivity index (χ3v) is 3.45. The molecule has 2 aromatic carbocycles. The van der Waals surface area contributed by atoms with Gasteiger partial charge in [0.1, 0.15) is 17.2 Å². The van der Waals surface area contributed by atoms with Gasteiger partial charge in [-0.25, -0.2) is 4.79 Å². The topological polar surface area (TPSA) is 65.0 Å². The van der Waals surface area contributed by atoms with Gasteiger partial charge >= 0.3 is 5.97 Å². The molecule has 0 spiro atoms. The summed E-state index contributed by atoms with van der Waals surface area (Å²) in [5, 5.41) is 9.44. The Labute approximate surface area is 135 Å². The molecular weight excluding hydrogens is 296 g/mol. The van der Waals surface area contributed by atoms with Crippen molar-refractivity contribution in [1.82, 2.24) is 0 Å². The van der Waals surface area contributed by atoms with Gasteiger partial charge in [-0.3, -0.25) is 0 Å². The minimum absolute atomic E-state index is 0.214. The number of carboxylic acid groups (broad SMARTS) is 1. The van der Waals surface area contributed by atoms with Gasteiger partial charge in [0, 0.05) is 6.42 Å². The highest BCUT2D eigenvalue weighted by atomic mass is 16.5. The van der Waals surface area contributed by atoms with Gasteiger partial charge in [-0.2, -0.15) is 0 Å². The molecule has 0 aliphatic rings. The number of hydrogen-bond acceptors (Lipinski definition) is 4. The van der Waals surface area contributed by atoms with E-state index in [0.29, 0.717) is 17.2 Å². The second kappa shape index (κ2) is 7.54. The van der Waals surface area contributed by atoms with E-state index in [9.17, 15) is 9.90 Å². The van der Waals surface area contributed by atoms with E-state index in [-0.39, 0.29) is 6.42 Å². The lowest BCUT2D eigenvalue weighted by atomic mass is 10.0. The molecule has 0 aliphatic heterocycles. The third kappa shape index (κ3) is 4.39. The Morgan fingerprint density at radius 3 is 2.26 bits per heavy atom. The Morgan fingerprint density at radius 2 is 1.70 bits per heavy atom. The van der Waals surface area contributed by atoms with Gasteiger partial charge < -0.3 is 19.3 Å². The van der Waals surface area contributed by atoms with Gasteiger partial charge in [-0.1, -0.05) is 17.7 Å². The fraction of sp³-hybridized carbons (Fsp3) is 0.278. The minimum atomic E-state index is -1.02. The quantitative estimate of drug-likeness (QED) is 0.850. The van der Waals surface area contributed by atoms with Crippen LogP contribution in [0.1, 0.15) is 11.1 Å². The van der Waals surface area contributed by atoms with Crippen LogP contribution in [0.4, 0.5) is 0 Å². The summed E-state index contributed by atoms with van der Waals surface area (Å²) in [6.07, 6.45) is -0.786. The smallest absolute Gasteiger partial charge is 0.345 e. The molecule has 0 aliphatic carbocycles. The van der Waals surface area contributed by atoms with Crippen molar-refractivity contribution in [2.24, 2.45) is 0 Å². The van der Waals surface area contributed by atoms with Crippen LogP contribution in [0.15, 0.2) is 42.5 Å². The summed E-state index contributed by atoms with van der Waals surface area (Å²) in [6.45, 7) is 1.95. The molecule has 0 bridgehead atoms. The lowest BCUT2D eigenvalue weighted by Gasteiger charge is -2.17. The van der Waals surface area contributed by atoms with Crippen LogP contribution < -0.4 is 14.2 Å². The van der Waals surface area contributed by atoms with E-state index in [1.54, 1.807) is 38.5 Å². The maximum atomic E-state index is 11.5. The van der Waals surface area contributed by atoms with Crippen LogP contribution in [-0.4, -0.2) is 31.4 Å². The Hall–Kier alpha value is -2.69. The van der Waals surface area contributed by atoms with Crippen molar-refractivity contribution in [2.45, 2.75) is 19.4 Å². The number of carboxylic acids is 1. The van der Waals surface area contributed by atoms with Crippen molar-refractivity contribution < 1.29 is 24.1 Å². The van der Waals surface area contributed by atoms with Crippen LogP contribution in [0.3, 0.4) is 0 Å². The minimum Gasteiger partial charge on any atom is -0.497 e. The fourth-order valence-electron chi connectivity index (χ4n) is 2.26. The molecule has 122 valence electrons. The first-order valence-corrected chi connectivity index (χ1v) is 7.20. The Bertz CT molecular complexity index is 664. The molecule has 0 amide bonds. The van der Waals surface area contributed by atoms with Gasteiger partial charge in [-0.15, -0.1) is 0 Å². The molecular formula is C18H20O5. The molecule has 1 N–H and O–H groups in total. The molecule has 5 nitrogen and oxygen atoms in total.